The molecule has 2 rings (SSSR count). The normalized spacial score (nSPS) is 13.2. The Bertz CT molecular complexity index is 646. The van der Waals surface area contributed by atoms with Gasteiger partial charge in [-0.1, -0.05) is 51.1 Å². The molecule has 2 aromatic rings. The number of rotatable bonds is 8. The zero-order valence-corrected chi connectivity index (χ0v) is 16.0. The Kier molecular flexibility index (Phi) is 8.51. The molecule has 1 aromatic heterocycles. The van der Waals surface area contributed by atoms with Crippen LogP contribution in [0.4, 0.5) is 0 Å². The van der Waals surface area contributed by atoms with Crippen molar-refractivity contribution < 1.29 is 4.79 Å². The largest absolute Gasteiger partial charge is 0.353 e. The zero-order valence-electron chi connectivity index (χ0n) is 15.1. The molecule has 1 heterocycles. The molecular formula is C17H27ClN6O. The number of aromatic nitrogens is 4. The number of nitrogens with one attached hydrogen (secondary N) is 2. The molecule has 7 nitrogen and oxygen atoms in total. The van der Waals surface area contributed by atoms with E-state index in [0.717, 1.165) is 12.1 Å². The van der Waals surface area contributed by atoms with Crippen molar-refractivity contribution in [2.45, 2.75) is 39.8 Å². The molecule has 8 heteroatoms. The fraction of sp³-hybridized carbons (Fsp3) is 0.529. The summed E-state index contributed by atoms with van der Waals surface area (Å²) in [4.78, 5) is 14.0. The summed E-state index contributed by atoms with van der Waals surface area (Å²) in [7, 11) is 0. The Hall–Kier alpha value is -1.99. The van der Waals surface area contributed by atoms with E-state index in [1.807, 2.05) is 58.0 Å². The lowest BCUT2D eigenvalue weighted by Crippen LogP contribution is -2.43. The van der Waals surface area contributed by atoms with Crippen LogP contribution >= 0.6 is 12.4 Å². The fourth-order valence-corrected chi connectivity index (χ4v) is 2.50. The number of halogens is 1. The Labute approximate surface area is 155 Å². The van der Waals surface area contributed by atoms with Crippen LogP contribution in [-0.4, -0.2) is 45.2 Å². The summed E-state index contributed by atoms with van der Waals surface area (Å²) in [5, 5.41) is 18.8. The Morgan fingerprint density at radius 3 is 2.48 bits per heavy atom. The second-order valence-electron chi connectivity index (χ2n) is 6.19. The number of hydrogen-bond acceptors (Lipinski definition) is 5. The number of benzene rings is 1. The summed E-state index contributed by atoms with van der Waals surface area (Å²) in [6.45, 7) is 9.47. The predicted octanol–water partition coefficient (Wildman–Crippen LogP) is 2.07. The molecule has 0 saturated carbocycles. The van der Waals surface area contributed by atoms with Crippen LogP contribution in [0.3, 0.4) is 0 Å². The van der Waals surface area contributed by atoms with Gasteiger partial charge in [0.05, 0.1) is 0 Å². The molecule has 0 aliphatic rings. The standard InChI is InChI=1S/C17H26N6O.ClH/c1-5-18-13(4)11-19-17(24)15(12(2)3)23-21-16(20-22-23)14-9-7-6-8-10-14;/h6-10,12-13,15,18H,5,11H2,1-4H3,(H,19,24);1H/t13-,15?;/m1./s1. The molecule has 0 aliphatic heterocycles. The third-order valence-electron chi connectivity index (χ3n) is 3.74. The van der Waals surface area contributed by atoms with Crippen LogP contribution < -0.4 is 10.6 Å². The maximum atomic E-state index is 12.6. The third kappa shape index (κ3) is 5.79. The molecule has 0 spiro atoms. The van der Waals surface area contributed by atoms with Crippen LogP contribution in [-0.2, 0) is 4.79 Å². The van der Waals surface area contributed by atoms with Gasteiger partial charge in [0, 0.05) is 18.2 Å². The maximum absolute atomic E-state index is 12.6. The van der Waals surface area contributed by atoms with E-state index in [1.54, 1.807) is 0 Å². The first-order valence-corrected chi connectivity index (χ1v) is 8.39. The summed E-state index contributed by atoms with van der Waals surface area (Å²) in [6.07, 6.45) is 0. The van der Waals surface area contributed by atoms with Crippen LogP contribution in [0.5, 0.6) is 0 Å². The van der Waals surface area contributed by atoms with E-state index in [9.17, 15) is 4.79 Å². The molecule has 1 unspecified atom stereocenters. The van der Waals surface area contributed by atoms with Crippen LogP contribution in [0, 0.1) is 5.92 Å². The molecule has 1 aromatic carbocycles. The molecule has 0 fully saturated rings. The monoisotopic (exact) mass is 366 g/mol. The number of amides is 1. The molecule has 0 radical (unpaired) electrons. The van der Waals surface area contributed by atoms with Gasteiger partial charge in [-0.3, -0.25) is 4.79 Å². The molecule has 1 amide bonds. The lowest BCUT2D eigenvalue weighted by atomic mass is 10.0. The number of nitrogens with zero attached hydrogens (tertiary/aromatic N) is 4. The van der Waals surface area contributed by atoms with Crippen LogP contribution in [0.25, 0.3) is 11.4 Å². The smallest absolute Gasteiger partial charge is 0.247 e. The second kappa shape index (κ2) is 10.1. The number of likely N-dealkylation sites (N-methyl/N-ethyl adjacent to an activating group) is 1. The van der Waals surface area contributed by atoms with Crippen molar-refractivity contribution >= 4 is 18.3 Å². The average molecular weight is 367 g/mol. The van der Waals surface area contributed by atoms with Crippen molar-refractivity contribution in [3.05, 3.63) is 30.3 Å². The molecule has 0 bridgehead atoms. The van der Waals surface area contributed by atoms with E-state index in [-0.39, 0.29) is 30.3 Å². The van der Waals surface area contributed by atoms with Crippen molar-refractivity contribution in [1.29, 1.82) is 0 Å². The Morgan fingerprint density at radius 2 is 1.88 bits per heavy atom. The summed E-state index contributed by atoms with van der Waals surface area (Å²) in [6, 6.07) is 9.35. The number of carbonyl (C=O) groups is 1. The van der Waals surface area contributed by atoms with Gasteiger partial charge in [-0.2, -0.15) is 4.80 Å². The minimum atomic E-state index is -0.483. The lowest BCUT2D eigenvalue weighted by molar-refractivity contribution is -0.126. The molecule has 25 heavy (non-hydrogen) atoms. The van der Waals surface area contributed by atoms with E-state index in [4.69, 9.17) is 0 Å². The lowest BCUT2D eigenvalue weighted by Gasteiger charge is -2.20. The zero-order chi connectivity index (χ0) is 17.5. The molecule has 2 N–H and O–H groups in total. The highest BCUT2D eigenvalue weighted by atomic mass is 35.5. The summed E-state index contributed by atoms with van der Waals surface area (Å²) in [5.41, 5.74) is 0.882. The van der Waals surface area contributed by atoms with Gasteiger partial charge < -0.3 is 10.6 Å². The van der Waals surface area contributed by atoms with Gasteiger partial charge in [-0.25, -0.2) is 0 Å². The SMILES string of the molecule is CCN[C@H](C)CNC(=O)C(C(C)C)n1nnc(-c2ccccc2)n1.Cl. The van der Waals surface area contributed by atoms with E-state index in [1.165, 1.54) is 4.80 Å². The summed E-state index contributed by atoms with van der Waals surface area (Å²) in [5.74, 6) is 0.485. The van der Waals surface area contributed by atoms with Crippen molar-refractivity contribution in [2.24, 2.45) is 5.92 Å². The molecule has 2 atom stereocenters. The van der Waals surface area contributed by atoms with Crippen molar-refractivity contribution in [3.8, 4) is 11.4 Å². The molecule has 138 valence electrons. The number of tetrazole rings is 1. The average Bonchev–Trinajstić information content (AvgIpc) is 3.03. The number of hydrogen-bond donors (Lipinski definition) is 2. The summed E-state index contributed by atoms with van der Waals surface area (Å²) >= 11 is 0. The third-order valence-corrected chi connectivity index (χ3v) is 3.74. The first kappa shape index (κ1) is 21.1. The van der Waals surface area contributed by atoms with Gasteiger partial charge in [-0.15, -0.1) is 22.6 Å². The second-order valence-corrected chi connectivity index (χ2v) is 6.19. The molecule has 0 aliphatic carbocycles. The fourth-order valence-electron chi connectivity index (χ4n) is 2.50. The Balaban J connectivity index is 0.00000312. The first-order valence-electron chi connectivity index (χ1n) is 8.39. The van der Waals surface area contributed by atoms with E-state index >= 15 is 0 Å². The van der Waals surface area contributed by atoms with Gasteiger partial charge in [-0.05, 0) is 24.6 Å². The van der Waals surface area contributed by atoms with E-state index in [2.05, 4.69) is 26.0 Å². The predicted molar refractivity (Wildman–Crippen MR) is 101 cm³/mol. The van der Waals surface area contributed by atoms with Crippen LogP contribution in [0.1, 0.15) is 33.7 Å². The van der Waals surface area contributed by atoms with E-state index < -0.39 is 6.04 Å². The van der Waals surface area contributed by atoms with E-state index in [0.29, 0.717) is 12.4 Å². The van der Waals surface area contributed by atoms with Crippen LogP contribution in [0.2, 0.25) is 0 Å². The maximum Gasteiger partial charge on any atom is 0.247 e. The first-order chi connectivity index (χ1) is 11.5. The summed E-state index contributed by atoms with van der Waals surface area (Å²) < 4.78 is 0. The van der Waals surface area contributed by atoms with Gasteiger partial charge in [0.1, 0.15) is 0 Å². The van der Waals surface area contributed by atoms with Gasteiger partial charge in [0.2, 0.25) is 11.7 Å². The topological polar surface area (TPSA) is 84.7 Å². The highest BCUT2D eigenvalue weighted by molar-refractivity contribution is 5.85. The Morgan fingerprint density at radius 1 is 1.20 bits per heavy atom. The van der Waals surface area contributed by atoms with Gasteiger partial charge in [0.25, 0.3) is 0 Å². The quantitative estimate of drug-likeness (QED) is 0.747. The molecule has 0 saturated heterocycles. The van der Waals surface area contributed by atoms with Gasteiger partial charge in [0.15, 0.2) is 6.04 Å². The van der Waals surface area contributed by atoms with Crippen molar-refractivity contribution in [1.82, 2.24) is 30.8 Å². The highest BCUT2D eigenvalue weighted by Crippen LogP contribution is 2.18. The highest BCUT2D eigenvalue weighted by Gasteiger charge is 2.27. The van der Waals surface area contributed by atoms with Crippen LogP contribution in [0.15, 0.2) is 30.3 Å². The van der Waals surface area contributed by atoms with Gasteiger partial charge >= 0.3 is 0 Å². The van der Waals surface area contributed by atoms with Crippen molar-refractivity contribution in [3.63, 3.8) is 0 Å². The molecular weight excluding hydrogens is 340 g/mol. The van der Waals surface area contributed by atoms with Crippen molar-refractivity contribution in [2.75, 3.05) is 13.1 Å². The minimum Gasteiger partial charge on any atom is -0.353 e. The number of carbonyl (C=O) groups excluding carboxylic acids is 1. The minimum absolute atomic E-state index is 0.